The van der Waals surface area contributed by atoms with E-state index in [2.05, 4.69) is 70.4 Å². The molecule has 0 N–H and O–H groups in total. The van der Waals surface area contributed by atoms with Gasteiger partial charge in [0.05, 0.1) is 0 Å². The fourth-order valence-electron chi connectivity index (χ4n) is 1.91. The molecule has 2 aromatic rings. The number of allylic oxidation sites excluding steroid dienone is 4. The summed E-state index contributed by atoms with van der Waals surface area (Å²) in [5, 5.41) is 0. The molecule has 0 nitrogen and oxygen atoms in total. The smallest absolute Gasteiger partial charge is 0.0183 e. The van der Waals surface area contributed by atoms with E-state index in [1.54, 1.807) is 6.08 Å². The Bertz CT molecular complexity index is 589. The van der Waals surface area contributed by atoms with Crippen molar-refractivity contribution in [1.82, 2.24) is 0 Å². The van der Waals surface area contributed by atoms with Crippen molar-refractivity contribution in [1.29, 1.82) is 0 Å². The van der Waals surface area contributed by atoms with Gasteiger partial charge in [-0.25, -0.2) is 0 Å². The zero-order chi connectivity index (χ0) is 13.5. The van der Waals surface area contributed by atoms with Crippen LogP contribution in [-0.4, -0.2) is 0 Å². The Kier molecular flexibility index (Phi) is 4.89. The van der Waals surface area contributed by atoms with Crippen LogP contribution in [0.25, 0.3) is 16.7 Å². The average molecular weight is 264 g/mol. The molecule has 0 bridgehead atoms. The molecule has 94 valence electrons. The van der Waals surface area contributed by atoms with Gasteiger partial charge in [-0.15, -0.1) is 9.24 Å². The van der Waals surface area contributed by atoms with Crippen molar-refractivity contribution in [3.05, 3.63) is 90.8 Å². The lowest BCUT2D eigenvalue weighted by Crippen LogP contribution is -1.82. The fraction of sp³-hybridized carbons (Fsp3) is 0. The minimum atomic E-state index is 1.17. The van der Waals surface area contributed by atoms with E-state index < -0.39 is 0 Å². The van der Waals surface area contributed by atoms with E-state index in [1.165, 1.54) is 22.3 Å². The predicted octanol–water partition coefficient (Wildman–Crippen LogP) is 5.31. The molecular weight excluding hydrogens is 247 g/mol. The van der Waals surface area contributed by atoms with Gasteiger partial charge in [0.25, 0.3) is 0 Å². The first-order valence-electron chi connectivity index (χ1n) is 6.22. The normalized spacial score (nSPS) is 11.7. The maximum Gasteiger partial charge on any atom is -0.0183 e. The Labute approximate surface area is 117 Å². The summed E-state index contributed by atoms with van der Waals surface area (Å²) in [4.78, 5) is 0. The lowest BCUT2D eigenvalue weighted by atomic mass is 10.0. The monoisotopic (exact) mass is 264 g/mol. The van der Waals surface area contributed by atoms with Gasteiger partial charge >= 0.3 is 0 Å². The molecule has 0 radical (unpaired) electrons. The molecule has 0 aliphatic carbocycles. The van der Waals surface area contributed by atoms with Gasteiger partial charge in [-0.2, -0.15) is 0 Å². The van der Waals surface area contributed by atoms with E-state index in [-0.39, 0.29) is 0 Å². The summed E-state index contributed by atoms with van der Waals surface area (Å²) >= 11 is 0. The minimum absolute atomic E-state index is 1.17. The van der Waals surface area contributed by atoms with E-state index >= 15 is 0 Å². The van der Waals surface area contributed by atoms with Crippen molar-refractivity contribution in [3.8, 4) is 11.1 Å². The molecule has 0 aliphatic heterocycles. The van der Waals surface area contributed by atoms with Gasteiger partial charge in [-0.05, 0) is 22.3 Å². The molecule has 1 unspecified atom stereocenters. The highest BCUT2D eigenvalue weighted by atomic mass is 31.0. The van der Waals surface area contributed by atoms with Gasteiger partial charge in [0.1, 0.15) is 0 Å². The molecule has 0 saturated heterocycles. The lowest BCUT2D eigenvalue weighted by molar-refractivity contribution is 1.58. The van der Waals surface area contributed by atoms with E-state index in [0.29, 0.717) is 0 Å². The topological polar surface area (TPSA) is 0 Å². The quantitative estimate of drug-likeness (QED) is 0.518. The SMILES string of the molecule is C=C/C=C\C(=C/P)c1ccc(-c2ccccc2)cc1. The molecule has 0 aromatic heterocycles. The zero-order valence-corrected chi connectivity index (χ0v) is 11.9. The molecular formula is C18H17P. The van der Waals surface area contributed by atoms with Crippen molar-refractivity contribution in [3.63, 3.8) is 0 Å². The van der Waals surface area contributed by atoms with E-state index in [1.807, 2.05) is 18.0 Å². The van der Waals surface area contributed by atoms with E-state index in [4.69, 9.17) is 0 Å². The molecule has 2 rings (SSSR count). The number of hydrogen-bond donors (Lipinski definition) is 0. The standard InChI is InChI=1S/C18H17P/c1-2-3-7-18(14-19)17-12-10-16(11-13-17)15-8-5-4-6-9-15/h2-14H,1,19H2/b7-3-,18-14+. The van der Waals surface area contributed by atoms with Gasteiger partial charge in [-0.1, -0.05) is 85.2 Å². The third kappa shape index (κ3) is 3.53. The Hall–Kier alpha value is -1.91. The molecule has 0 heterocycles. The molecule has 0 saturated carbocycles. The third-order valence-corrected chi connectivity index (χ3v) is 3.28. The van der Waals surface area contributed by atoms with Gasteiger partial charge in [0.15, 0.2) is 0 Å². The van der Waals surface area contributed by atoms with Crippen LogP contribution >= 0.6 is 9.24 Å². The molecule has 1 atom stereocenters. The van der Waals surface area contributed by atoms with Crippen LogP contribution in [0.3, 0.4) is 0 Å². The highest BCUT2D eigenvalue weighted by molar-refractivity contribution is 7.21. The highest BCUT2D eigenvalue weighted by Crippen LogP contribution is 2.23. The van der Waals surface area contributed by atoms with Gasteiger partial charge in [0.2, 0.25) is 0 Å². The number of hydrogen-bond acceptors (Lipinski definition) is 0. The van der Waals surface area contributed by atoms with Gasteiger partial charge < -0.3 is 0 Å². The summed E-state index contributed by atoms with van der Waals surface area (Å²) in [6.07, 6.45) is 5.78. The summed E-state index contributed by atoms with van der Waals surface area (Å²) in [5.41, 5.74) is 4.85. The van der Waals surface area contributed by atoms with Crippen LogP contribution in [0.15, 0.2) is 85.2 Å². The van der Waals surface area contributed by atoms with Crippen LogP contribution in [0.5, 0.6) is 0 Å². The zero-order valence-electron chi connectivity index (χ0n) is 10.8. The molecule has 0 spiro atoms. The molecule has 0 aliphatic rings. The Morgan fingerprint density at radius 2 is 1.53 bits per heavy atom. The van der Waals surface area contributed by atoms with E-state index in [9.17, 15) is 0 Å². The van der Waals surface area contributed by atoms with Crippen LogP contribution in [-0.2, 0) is 0 Å². The van der Waals surface area contributed by atoms with Gasteiger partial charge in [0, 0.05) is 0 Å². The second-order valence-electron chi connectivity index (χ2n) is 4.16. The van der Waals surface area contributed by atoms with Crippen LogP contribution < -0.4 is 0 Å². The molecule has 1 heteroatoms. The highest BCUT2D eigenvalue weighted by Gasteiger charge is 1.99. The fourth-order valence-corrected chi connectivity index (χ4v) is 2.21. The summed E-state index contributed by atoms with van der Waals surface area (Å²) in [5.74, 6) is 2.03. The number of rotatable bonds is 4. The first kappa shape index (κ1) is 13.5. The van der Waals surface area contributed by atoms with Crippen LogP contribution in [0.1, 0.15) is 5.56 Å². The Morgan fingerprint density at radius 3 is 2.11 bits per heavy atom. The number of benzene rings is 2. The molecule has 0 fully saturated rings. The first-order valence-corrected chi connectivity index (χ1v) is 6.88. The first-order chi connectivity index (χ1) is 9.35. The van der Waals surface area contributed by atoms with Crippen LogP contribution in [0.4, 0.5) is 0 Å². The summed E-state index contributed by atoms with van der Waals surface area (Å²) in [6.45, 7) is 3.69. The van der Waals surface area contributed by atoms with Crippen molar-refractivity contribution in [2.75, 3.05) is 0 Å². The maximum atomic E-state index is 3.69. The Balaban J connectivity index is 2.28. The van der Waals surface area contributed by atoms with Crippen LogP contribution in [0, 0.1) is 0 Å². The average Bonchev–Trinajstić information content (AvgIpc) is 2.49. The molecule has 2 aromatic carbocycles. The minimum Gasteiger partial charge on any atom is -0.113 e. The van der Waals surface area contributed by atoms with E-state index in [0.717, 1.165) is 0 Å². The van der Waals surface area contributed by atoms with Crippen molar-refractivity contribution >= 4 is 14.8 Å². The largest absolute Gasteiger partial charge is 0.113 e. The Morgan fingerprint density at radius 1 is 0.895 bits per heavy atom. The lowest BCUT2D eigenvalue weighted by Gasteiger charge is -2.05. The van der Waals surface area contributed by atoms with Crippen LogP contribution in [0.2, 0.25) is 0 Å². The molecule has 0 amide bonds. The maximum absolute atomic E-state index is 3.69. The van der Waals surface area contributed by atoms with Crippen molar-refractivity contribution in [2.24, 2.45) is 0 Å². The van der Waals surface area contributed by atoms with Gasteiger partial charge in [-0.3, -0.25) is 0 Å². The van der Waals surface area contributed by atoms with Crippen molar-refractivity contribution < 1.29 is 0 Å². The third-order valence-electron chi connectivity index (χ3n) is 2.92. The van der Waals surface area contributed by atoms with Crippen molar-refractivity contribution in [2.45, 2.75) is 0 Å². The summed E-state index contributed by atoms with van der Waals surface area (Å²) < 4.78 is 0. The predicted molar refractivity (Wildman–Crippen MR) is 88.9 cm³/mol. The summed E-state index contributed by atoms with van der Waals surface area (Å²) in [6, 6.07) is 19.0. The second kappa shape index (κ2) is 6.87. The second-order valence-corrected chi connectivity index (χ2v) is 4.49. The summed E-state index contributed by atoms with van der Waals surface area (Å²) in [7, 11) is 2.65. The molecule has 19 heavy (non-hydrogen) atoms.